The van der Waals surface area contributed by atoms with Crippen LogP contribution < -0.4 is 9.80 Å². The summed E-state index contributed by atoms with van der Waals surface area (Å²) in [6.07, 6.45) is 3.50. The van der Waals surface area contributed by atoms with Gasteiger partial charge in [-0.05, 0) is 110 Å². The van der Waals surface area contributed by atoms with Crippen LogP contribution in [0.1, 0.15) is 54.9 Å². The van der Waals surface area contributed by atoms with Crippen LogP contribution in [-0.2, 0) is 32.6 Å². The van der Waals surface area contributed by atoms with Gasteiger partial charge in [-0.15, -0.1) is 11.3 Å². The molecule has 0 bridgehead atoms. The summed E-state index contributed by atoms with van der Waals surface area (Å²) >= 11 is 7.90. The lowest BCUT2D eigenvalue weighted by Gasteiger charge is -2.49. The molecule has 1 N–H and O–H groups in total. The van der Waals surface area contributed by atoms with E-state index in [-0.39, 0.29) is 35.8 Å². The van der Waals surface area contributed by atoms with E-state index in [4.69, 9.17) is 16.7 Å². The van der Waals surface area contributed by atoms with Gasteiger partial charge < -0.3 is 5.11 Å². The van der Waals surface area contributed by atoms with E-state index < -0.39 is 35.0 Å². The van der Waals surface area contributed by atoms with E-state index in [1.165, 1.54) is 9.80 Å². The number of hydrogen-bond donors (Lipinski definition) is 1. The number of aromatic nitrogens is 2. The Kier molecular flexibility index (Phi) is 7.86. The van der Waals surface area contributed by atoms with Gasteiger partial charge in [0.2, 0.25) is 23.6 Å². The van der Waals surface area contributed by atoms with Crippen LogP contribution >= 0.6 is 22.9 Å². The van der Waals surface area contributed by atoms with E-state index in [0.717, 1.165) is 43.6 Å². The van der Waals surface area contributed by atoms with Crippen molar-refractivity contribution in [2.45, 2.75) is 52.9 Å². The number of nitrogens with zero attached hydrogens (tertiary/aromatic N) is 4. The molecule has 0 spiro atoms. The van der Waals surface area contributed by atoms with Crippen molar-refractivity contribution in [2.75, 3.05) is 9.80 Å². The van der Waals surface area contributed by atoms with Crippen LogP contribution in [0.2, 0.25) is 5.02 Å². The maximum atomic E-state index is 15.1. The average molecular weight is 759 g/mol. The number of rotatable bonds is 5. The molecule has 2 aliphatic carbocycles. The second-order valence-corrected chi connectivity index (χ2v) is 16.9. The number of thiophene rings is 1. The van der Waals surface area contributed by atoms with Crippen molar-refractivity contribution in [1.82, 2.24) is 9.78 Å². The van der Waals surface area contributed by atoms with Crippen LogP contribution in [0.15, 0.2) is 78.4 Å². The quantitative estimate of drug-likeness (QED) is 0.143. The Hall–Kier alpha value is -5.06. The Morgan fingerprint density at radius 2 is 1.69 bits per heavy atom. The van der Waals surface area contributed by atoms with Gasteiger partial charge in [-0.25, -0.2) is 4.90 Å². The van der Waals surface area contributed by atoms with E-state index >= 15 is 4.79 Å². The molecule has 4 heterocycles. The number of fused-ring (bicyclic) bond motifs is 5. The van der Waals surface area contributed by atoms with Crippen molar-refractivity contribution in [2.24, 2.45) is 36.1 Å². The van der Waals surface area contributed by atoms with Crippen molar-refractivity contribution in [1.29, 1.82) is 0 Å². The van der Waals surface area contributed by atoms with Crippen molar-refractivity contribution < 1.29 is 24.3 Å². The number of imide groups is 2. The molecule has 2 aromatic heterocycles. The van der Waals surface area contributed by atoms with E-state index in [1.54, 1.807) is 42.1 Å². The standard InChI is InChI=1S/C43H39ClN4O5S/c1-6-23-7-11-26(12-8-23)47-39(50)28-14-13-27-30(36(28)41(47)52)19-31-40(51)48(42(53)43(31,4)37(27)24-9-15-33(49)21(2)17-24)35-20-32(45-46(35)5)38-22(3)29-18-25(44)10-16-34(29)54-38/h7-13,15-18,20,28,30-31,36-37,49H,6,14,19H2,1-5H3. The number of carbonyl (C=O) groups excluding carboxylic acids is 4. The summed E-state index contributed by atoms with van der Waals surface area (Å²) in [6, 6.07) is 20.4. The SMILES string of the molecule is CCc1ccc(N2C(=O)C3CC=C4C(CC5C(=O)N(c6cc(-c7sc8ccc(Cl)cc8c7C)nn6C)C(=O)C5(C)C4c4ccc(O)c(C)c4)C3C2=O)cc1. The molecular formula is C43H39ClN4O5S. The zero-order chi connectivity index (χ0) is 38.0. The lowest BCUT2D eigenvalue weighted by Crippen LogP contribution is -2.49. The lowest BCUT2D eigenvalue weighted by atomic mass is 9.51. The van der Waals surface area contributed by atoms with Gasteiger partial charge in [0, 0.05) is 28.8 Å². The number of halogens is 1. The first kappa shape index (κ1) is 34.7. The van der Waals surface area contributed by atoms with Crippen molar-refractivity contribution in [3.05, 3.63) is 106 Å². The monoisotopic (exact) mass is 758 g/mol. The van der Waals surface area contributed by atoms with Gasteiger partial charge in [0.05, 0.1) is 33.7 Å². The third-order valence-corrected chi connectivity index (χ3v) is 14.2. The van der Waals surface area contributed by atoms with Crippen LogP contribution in [0.3, 0.4) is 0 Å². The van der Waals surface area contributed by atoms with Crippen molar-refractivity contribution in [3.8, 4) is 16.3 Å². The molecule has 6 unspecified atom stereocenters. The Balaban J connectivity index is 1.14. The summed E-state index contributed by atoms with van der Waals surface area (Å²) in [7, 11) is 1.74. The summed E-state index contributed by atoms with van der Waals surface area (Å²) < 4.78 is 2.65. The van der Waals surface area contributed by atoms with Gasteiger partial charge in [0.15, 0.2) is 0 Å². The van der Waals surface area contributed by atoms with Crippen LogP contribution in [0.25, 0.3) is 20.7 Å². The molecular weight excluding hydrogens is 720 g/mol. The van der Waals surface area contributed by atoms with Crippen LogP contribution in [0.4, 0.5) is 11.5 Å². The summed E-state index contributed by atoms with van der Waals surface area (Å²) in [5, 5.41) is 17.0. The third-order valence-electron chi connectivity index (χ3n) is 12.6. The average Bonchev–Trinajstić information content (AvgIpc) is 3.83. The molecule has 11 heteroatoms. The lowest BCUT2D eigenvalue weighted by molar-refractivity contribution is -0.131. The minimum Gasteiger partial charge on any atom is -0.508 e. The molecule has 1 saturated carbocycles. The fourth-order valence-corrected chi connectivity index (χ4v) is 11.1. The van der Waals surface area contributed by atoms with E-state index in [9.17, 15) is 19.5 Å². The number of allylic oxidation sites excluding steroid dienone is 2. The highest BCUT2D eigenvalue weighted by molar-refractivity contribution is 7.22. The minimum absolute atomic E-state index is 0.128. The zero-order valence-corrected chi connectivity index (χ0v) is 32.2. The minimum atomic E-state index is -1.22. The Labute approximate surface area is 321 Å². The highest BCUT2D eigenvalue weighted by Crippen LogP contribution is 2.64. The van der Waals surface area contributed by atoms with E-state index in [0.29, 0.717) is 34.2 Å². The number of phenolic OH excluding ortho intramolecular Hbond substituents is 1. The maximum Gasteiger partial charge on any atom is 0.242 e. The number of amides is 4. The summed E-state index contributed by atoms with van der Waals surface area (Å²) in [6.45, 7) is 7.75. The van der Waals surface area contributed by atoms with Crippen molar-refractivity contribution >= 4 is 68.2 Å². The first-order chi connectivity index (χ1) is 25.8. The van der Waals surface area contributed by atoms with Gasteiger partial charge in [-0.3, -0.25) is 28.8 Å². The number of phenols is 1. The fourth-order valence-electron chi connectivity index (χ4n) is 9.82. The second-order valence-electron chi connectivity index (χ2n) is 15.4. The molecule has 4 aliphatic rings. The number of aromatic hydroxyl groups is 1. The molecule has 3 fully saturated rings. The zero-order valence-electron chi connectivity index (χ0n) is 30.6. The number of hydrogen-bond acceptors (Lipinski definition) is 7. The fraction of sp³-hybridized carbons (Fsp3) is 0.326. The molecule has 274 valence electrons. The molecule has 2 aliphatic heterocycles. The van der Waals surface area contributed by atoms with Gasteiger partial charge in [-0.2, -0.15) is 5.10 Å². The molecule has 54 heavy (non-hydrogen) atoms. The molecule has 9 rings (SSSR count). The van der Waals surface area contributed by atoms with Gasteiger partial charge in [0.1, 0.15) is 17.3 Å². The van der Waals surface area contributed by atoms with Crippen LogP contribution in [-0.4, -0.2) is 38.5 Å². The Morgan fingerprint density at radius 1 is 0.926 bits per heavy atom. The molecule has 6 atom stereocenters. The van der Waals surface area contributed by atoms with Crippen LogP contribution in [0, 0.1) is 42.9 Å². The van der Waals surface area contributed by atoms with Gasteiger partial charge in [0.25, 0.3) is 0 Å². The highest BCUT2D eigenvalue weighted by Gasteiger charge is 2.68. The number of carbonyl (C=O) groups is 4. The second kappa shape index (κ2) is 12.2. The molecule has 9 nitrogen and oxygen atoms in total. The third kappa shape index (κ3) is 4.78. The first-order valence-corrected chi connectivity index (χ1v) is 19.6. The topological polar surface area (TPSA) is 113 Å². The Morgan fingerprint density at radius 3 is 2.41 bits per heavy atom. The molecule has 2 saturated heterocycles. The van der Waals surface area contributed by atoms with Gasteiger partial charge >= 0.3 is 0 Å². The summed E-state index contributed by atoms with van der Waals surface area (Å²) in [5.74, 6) is -3.71. The largest absolute Gasteiger partial charge is 0.508 e. The first-order valence-electron chi connectivity index (χ1n) is 18.4. The van der Waals surface area contributed by atoms with Crippen molar-refractivity contribution in [3.63, 3.8) is 0 Å². The normalized spacial score (nSPS) is 26.4. The molecule has 0 radical (unpaired) electrons. The Bertz CT molecular complexity index is 2500. The molecule has 4 amide bonds. The van der Waals surface area contributed by atoms with Crippen LogP contribution in [0.5, 0.6) is 5.75 Å². The predicted octanol–water partition coefficient (Wildman–Crippen LogP) is 8.28. The predicted molar refractivity (Wildman–Crippen MR) is 210 cm³/mol. The summed E-state index contributed by atoms with van der Waals surface area (Å²) in [4.78, 5) is 62.0. The number of anilines is 2. The maximum absolute atomic E-state index is 15.1. The number of benzene rings is 3. The van der Waals surface area contributed by atoms with E-state index in [1.807, 2.05) is 74.5 Å². The molecule has 3 aromatic carbocycles. The van der Waals surface area contributed by atoms with E-state index in [2.05, 4.69) is 6.92 Å². The molecule has 5 aromatic rings. The van der Waals surface area contributed by atoms with Gasteiger partial charge in [-0.1, -0.05) is 54.4 Å². The smallest absolute Gasteiger partial charge is 0.242 e. The highest BCUT2D eigenvalue weighted by atomic mass is 35.5. The number of aryl methyl sites for hydroxylation is 4. The summed E-state index contributed by atoms with van der Waals surface area (Å²) in [5.41, 5.74) is 4.43.